The van der Waals surface area contributed by atoms with Crippen LogP contribution < -0.4 is 0 Å². The van der Waals surface area contributed by atoms with Gasteiger partial charge in [0.15, 0.2) is 0 Å². The highest BCUT2D eigenvalue weighted by Gasteiger charge is 2.10. The number of benzene rings is 1. The smallest absolute Gasteiger partial charge is 0.305 e. The number of ether oxygens (including phenoxy) is 2. The third-order valence-corrected chi connectivity index (χ3v) is 4.31. The first kappa shape index (κ1) is 22.9. The van der Waals surface area contributed by atoms with Crippen LogP contribution in [0.1, 0.15) is 83.3 Å². The molecule has 1 aromatic rings. The summed E-state index contributed by atoms with van der Waals surface area (Å²) >= 11 is 0. The molecule has 27 heavy (non-hydrogen) atoms. The van der Waals surface area contributed by atoms with Crippen LogP contribution >= 0.6 is 0 Å². The lowest BCUT2D eigenvalue weighted by atomic mass is 10.0. The monoisotopic (exact) mass is 374 g/mol. The Balaban J connectivity index is 2.35. The van der Waals surface area contributed by atoms with Crippen LogP contribution in [0.5, 0.6) is 0 Å². The molecule has 0 atom stereocenters. The van der Waals surface area contributed by atoms with Gasteiger partial charge < -0.3 is 9.47 Å². The Hall–Kier alpha value is -2.10. The molecule has 4 heteroatoms. The highest BCUT2D eigenvalue weighted by atomic mass is 16.7. The average molecular weight is 375 g/mol. The van der Waals surface area contributed by atoms with Crippen LogP contribution in [-0.2, 0) is 25.5 Å². The molecular weight excluding hydrogens is 340 g/mol. The van der Waals surface area contributed by atoms with Gasteiger partial charge >= 0.3 is 11.9 Å². The molecular formula is C23H34O4. The Labute approximate surface area is 163 Å². The largest absolute Gasteiger partial charge is 0.421 e. The van der Waals surface area contributed by atoms with E-state index in [1.54, 1.807) is 12.2 Å². The maximum Gasteiger partial charge on any atom is 0.305 e. The number of aryl methyl sites for hydroxylation is 1. The Bertz CT molecular complexity index is 559. The minimum Gasteiger partial charge on any atom is -0.421 e. The minimum atomic E-state index is -0.989. The molecule has 0 aromatic heterocycles. The molecule has 0 aliphatic heterocycles. The van der Waals surface area contributed by atoms with Crippen LogP contribution in [0, 0.1) is 0 Å². The molecule has 0 saturated carbocycles. The molecule has 150 valence electrons. The van der Waals surface area contributed by atoms with Gasteiger partial charge in [-0.3, -0.25) is 9.59 Å². The Morgan fingerprint density at radius 3 is 1.89 bits per heavy atom. The summed E-state index contributed by atoms with van der Waals surface area (Å²) in [6.07, 6.45) is 14.1. The first-order valence-electron chi connectivity index (χ1n) is 10.1. The first-order valence-corrected chi connectivity index (χ1v) is 10.1. The molecule has 0 bridgehead atoms. The Morgan fingerprint density at radius 2 is 1.37 bits per heavy atom. The normalized spacial score (nSPS) is 11.1. The van der Waals surface area contributed by atoms with Gasteiger partial charge in [-0.05, 0) is 30.0 Å². The zero-order chi connectivity index (χ0) is 19.9. The van der Waals surface area contributed by atoms with E-state index in [9.17, 15) is 9.59 Å². The zero-order valence-electron chi connectivity index (χ0n) is 17.0. The van der Waals surface area contributed by atoms with Crippen molar-refractivity contribution in [2.75, 3.05) is 0 Å². The predicted molar refractivity (Wildman–Crippen MR) is 109 cm³/mol. The van der Waals surface area contributed by atoms with Crippen LogP contribution in [0.4, 0.5) is 0 Å². The number of hydrogen-bond donors (Lipinski definition) is 0. The van der Waals surface area contributed by atoms with Gasteiger partial charge in [0, 0.05) is 13.8 Å². The summed E-state index contributed by atoms with van der Waals surface area (Å²) in [5.41, 5.74) is 2.30. The quantitative estimate of drug-likeness (QED) is 0.247. The van der Waals surface area contributed by atoms with Crippen LogP contribution in [-0.4, -0.2) is 18.2 Å². The van der Waals surface area contributed by atoms with E-state index in [1.807, 2.05) is 12.1 Å². The van der Waals surface area contributed by atoms with Gasteiger partial charge in [0.1, 0.15) is 0 Å². The van der Waals surface area contributed by atoms with E-state index in [0.29, 0.717) is 0 Å². The summed E-state index contributed by atoms with van der Waals surface area (Å²) in [5.74, 6) is -0.988. The fourth-order valence-electron chi connectivity index (χ4n) is 2.88. The van der Waals surface area contributed by atoms with Gasteiger partial charge in [-0.25, -0.2) is 0 Å². The highest BCUT2D eigenvalue weighted by molar-refractivity contribution is 5.68. The molecule has 0 amide bonds. The van der Waals surface area contributed by atoms with Crippen molar-refractivity contribution in [3.8, 4) is 0 Å². The van der Waals surface area contributed by atoms with E-state index in [1.165, 1.54) is 70.8 Å². The molecule has 0 radical (unpaired) electrons. The van der Waals surface area contributed by atoms with Crippen LogP contribution in [0.25, 0.3) is 6.08 Å². The molecule has 0 spiro atoms. The first-order chi connectivity index (χ1) is 13.0. The second-order valence-corrected chi connectivity index (χ2v) is 6.91. The van der Waals surface area contributed by atoms with Gasteiger partial charge in [0.05, 0.1) is 0 Å². The van der Waals surface area contributed by atoms with Crippen LogP contribution in [0.2, 0.25) is 0 Å². The van der Waals surface area contributed by atoms with Crippen molar-refractivity contribution in [3.63, 3.8) is 0 Å². The lowest BCUT2D eigenvalue weighted by Gasteiger charge is -2.12. The van der Waals surface area contributed by atoms with Crippen molar-refractivity contribution in [2.24, 2.45) is 0 Å². The van der Waals surface area contributed by atoms with Crippen LogP contribution in [0.15, 0.2) is 30.3 Å². The number of hydrogen-bond acceptors (Lipinski definition) is 4. The van der Waals surface area contributed by atoms with Gasteiger partial charge in [-0.15, -0.1) is 0 Å². The Kier molecular flexibility index (Phi) is 11.9. The van der Waals surface area contributed by atoms with Crippen molar-refractivity contribution < 1.29 is 19.1 Å². The third-order valence-electron chi connectivity index (χ3n) is 4.31. The zero-order valence-corrected chi connectivity index (χ0v) is 17.0. The molecule has 1 aromatic carbocycles. The van der Waals surface area contributed by atoms with E-state index in [0.717, 1.165) is 12.0 Å². The number of esters is 2. The van der Waals surface area contributed by atoms with E-state index < -0.39 is 18.2 Å². The number of unbranched alkanes of at least 4 members (excludes halogenated alkanes) is 7. The lowest BCUT2D eigenvalue weighted by molar-refractivity contribution is -0.176. The molecule has 0 N–H and O–H groups in total. The van der Waals surface area contributed by atoms with E-state index in [2.05, 4.69) is 19.1 Å². The van der Waals surface area contributed by atoms with Crippen molar-refractivity contribution in [3.05, 3.63) is 41.5 Å². The predicted octanol–water partition coefficient (Wildman–Crippen LogP) is 5.84. The summed E-state index contributed by atoms with van der Waals surface area (Å²) in [4.78, 5) is 22.1. The summed E-state index contributed by atoms with van der Waals surface area (Å²) in [7, 11) is 0. The van der Waals surface area contributed by atoms with Gasteiger partial charge in [0.25, 0.3) is 6.29 Å². The highest BCUT2D eigenvalue weighted by Crippen LogP contribution is 2.13. The number of carbonyl (C=O) groups excluding carboxylic acids is 2. The molecule has 1 rings (SSSR count). The van der Waals surface area contributed by atoms with Crippen molar-refractivity contribution in [1.29, 1.82) is 0 Å². The second kappa shape index (κ2) is 14.0. The molecule has 0 unspecified atom stereocenters. The van der Waals surface area contributed by atoms with Gasteiger partial charge in [-0.1, -0.05) is 82.2 Å². The van der Waals surface area contributed by atoms with Crippen molar-refractivity contribution in [1.82, 2.24) is 0 Å². The van der Waals surface area contributed by atoms with E-state index >= 15 is 0 Å². The molecule has 0 aliphatic carbocycles. The standard InChI is InChI=1S/C23H34O4/c1-4-5-6-7-8-9-10-11-12-21-13-15-22(16-14-21)17-18-23(26-19(2)24)27-20(3)25/h13-18,23H,4-12H2,1-3H3. The van der Waals surface area contributed by atoms with Crippen molar-refractivity contribution in [2.45, 2.75) is 84.8 Å². The van der Waals surface area contributed by atoms with Crippen molar-refractivity contribution >= 4 is 18.0 Å². The summed E-state index contributed by atoms with van der Waals surface area (Å²) in [5, 5.41) is 0. The van der Waals surface area contributed by atoms with Gasteiger partial charge in [-0.2, -0.15) is 0 Å². The molecule has 0 fully saturated rings. The molecule has 4 nitrogen and oxygen atoms in total. The van der Waals surface area contributed by atoms with Crippen LogP contribution in [0.3, 0.4) is 0 Å². The topological polar surface area (TPSA) is 52.6 Å². The van der Waals surface area contributed by atoms with Gasteiger partial charge in [0.2, 0.25) is 0 Å². The lowest BCUT2D eigenvalue weighted by Crippen LogP contribution is -2.19. The maximum absolute atomic E-state index is 11.1. The summed E-state index contributed by atoms with van der Waals surface area (Å²) in [6.45, 7) is 4.81. The Morgan fingerprint density at radius 1 is 0.852 bits per heavy atom. The summed E-state index contributed by atoms with van der Waals surface area (Å²) < 4.78 is 9.89. The fourth-order valence-corrected chi connectivity index (χ4v) is 2.88. The fraction of sp³-hybridized carbons (Fsp3) is 0.565. The summed E-state index contributed by atoms with van der Waals surface area (Å²) in [6, 6.07) is 8.28. The maximum atomic E-state index is 11.1. The molecule has 0 aliphatic rings. The number of rotatable bonds is 13. The minimum absolute atomic E-state index is 0.494. The third kappa shape index (κ3) is 12.0. The SMILES string of the molecule is CCCCCCCCCCc1ccc(C=CC(OC(C)=O)OC(C)=O)cc1. The molecule has 0 saturated heterocycles. The second-order valence-electron chi connectivity index (χ2n) is 6.91. The molecule has 0 heterocycles. The van der Waals surface area contributed by atoms with E-state index in [-0.39, 0.29) is 0 Å². The van der Waals surface area contributed by atoms with E-state index in [4.69, 9.17) is 9.47 Å². The average Bonchev–Trinajstić information content (AvgIpc) is 2.62. The number of carbonyl (C=O) groups is 2.